The van der Waals surface area contributed by atoms with Crippen molar-refractivity contribution in [3.05, 3.63) is 46.0 Å². The quantitative estimate of drug-likeness (QED) is 0.687. The number of aromatic nitrogens is 3. The summed E-state index contributed by atoms with van der Waals surface area (Å²) in [4.78, 5) is 4.72. The van der Waals surface area contributed by atoms with Crippen LogP contribution in [0.25, 0.3) is 10.9 Å². The molecular weight excluding hydrogens is 280 g/mol. The topological polar surface area (TPSA) is 53.6 Å². The molecule has 1 saturated carbocycles. The number of para-hydroxylation sites is 1. The summed E-state index contributed by atoms with van der Waals surface area (Å²) in [7, 11) is 0. The number of nitrogens with zero attached hydrogens (tertiary/aromatic N) is 2. The highest BCUT2D eigenvalue weighted by molar-refractivity contribution is 7.09. The fraction of sp³-hybridized carbons (Fsp3) is 0.375. The molecule has 21 heavy (non-hydrogen) atoms. The van der Waals surface area contributed by atoms with Gasteiger partial charge in [0.1, 0.15) is 0 Å². The molecule has 4 rings (SSSR count). The van der Waals surface area contributed by atoms with Gasteiger partial charge in [0, 0.05) is 36.2 Å². The number of benzene rings is 1. The molecule has 108 valence electrons. The third kappa shape index (κ3) is 2.84. The maximum Gasteiger partial charge on any atom is 0.0941 e. The SMILES string of the molecule is c1cc(CNCCc2nc(C3CC3)cs2)c2[nH]ncc2c1. The van der Waals surface area contributed by atoms with Gasteiger partial charge >= 0.3 is 0 Å². The van der Waals surface area contributed by atoms with E-state index in [4.69, 9.17) is 4.98 Å². The first-order chi connectivity index (χ1) is 10.4. The zero-order valence-electron chi connectivity index (χ0n) is 11.8. The Bertz CT molecular complexity index is 741. The van der Waals surface area contributed by atoms with Gasteiger partial charge in [-0.15, -0.1) is 11.3 Å². The van der Waals surface area contributed by atoms with Crippen LogP contribution in [0.1, 0.15) is 35.0 Å². The molecule has 2 heterocycles. The van der Waals surface area contributed by atoms with Crippen LogP contribution in [-0.2, 0) is 13.0 Å². The van der Waals surface area contributed by atoms with Gasteiger partial charge in [0.15, 0.2) is 0 Å². The summed E-state index contributed by atoms with van der Waals surface area (Å²) in [5.74, 6) is 0.765. The number of rotatable bonds is 6. The molecule has 0 aliphatic heterocycles. The van der Waals surface area contributed by atoms with Crippen molar-refractivity contribution in [3.63, 3.8) is 0 Å². The van der Waals surface area contributed by atoms with Crippen molar-refractivity contribution in [2.75, 3.05) is 6.54 Å². The minimum absolute atomic E-state index is 0.765. The van der Waals surface area contributed by atoms with Crippen LogP contribution in [0.4, 0.5) is 0 Å². The zero-order valence-corrected chi connectivity index (χ0v) is 12.6. The average Bonchev–Trinajstić information content (AvgIpc) is 3.06. The molecule has 0 amide bonds. The van der Waals surface area contributed by atoms with E-state index in [1.807, 2.05) is 6.20 Å². The predicted molar refractivity (Wildman–Crippen MR) is 85.6 cm³/mol. The van der Waals surface area contributed by atoms with Crippen LogP contribution in [0.5, 0.6) is 0 Å². The monoisotopic (exact) mass is 298 g/mol. The van der Waals surface area contributed by atoms with E-state index in [-0.39, 0.29) is 0 Å². The van der Waals surface area contributed by atoms with Crippen molar-refractivity contribution in [2.45, 2.75) is 31.7 Å². The molecule has 5 heteroatoms. The van der Waals surface area contributed by atoms with Gasteiger partial charge < -0.3 is 5.32 Å². The third-order valence-electron chi connectivity index (χ3n) is 3.96. The normalized spacial score (nSPS) is 14.9. The number of hydrogen-bond acceptors (Lipinski definition) is 4. The number of thiazole rings is 1. The number of nitrogens with one attached hydrogen (secondary N) is 2. The van der Waals surface area contributed by atoms with Crippen LogP contribution >= 0.6 is 11.3 Å². The lowest BCUT2D eigenvalue weighted by atomic mass is 10.1. The first-order valence-corrected chi connectivity index (χ1v) is 8.34. The average molecular weight is 298 g/mol. The highest BCUT2D eigenvalue weighted by Gasteiger charge is 2.25. The van der Waals surface area contributed by atoms with Crippen LogP contribution in [-0.4, -0.2) is 21.7 Å². The molecule has 0 radical (unpaired) electrons. The van der Waals surface area contributed by atoms with Crippen molar-refractivity contribution < 1.29 is 0 Å². The highest BCUT2D eigenvalue weighted by atomic mass is 32.1. The second kappa shape index (κ2) is 5.58. The Labute approximate surface area is 127 Å². The Morgan fingerprint density at radius 2 is 2.29 bits per heavy atom. The van der Waals surface area contributed by atoms with E-state index in [1.165, 1.54) is 34.5 Å². The maximum absolute atomic E-state index is 4.72. The summed E-state index contributed by atoms with van der Waals surface area (Å²) >= 11 is 1.80. The number of fused-ring (bicyclic) bond motifs is 1. The molecule has 1 aromatic carbocycles. The van der Waals surface area contributed by atoms with Crippen molar-refractivity contribution in [1.29, 1.82) is 0 Å². The summed E-state index contributed by atoms with van der Waals surface area (Å²) in [5, 5.41) is 15.3. The lowest BCUT2D eigenvalue weighted by Crippen LogP contribution is -2.16. The molecule has 1 aliphatic carbocycles. The van der Waals surface area contributed by atoms with Crippen molar-refractivity contribution in [3.8, 4) is 0 Å². The second-order valence-corrected chi connectivity index (χ2v) is 6.56. The van der Waals surface area contributed by atoms with E-state index in [9.17, 15) is 0 Å². The minimum atomic E-state index is 0.765. The molecule has 3 aromatic rings. The molecule has 1 aliphatic rings. The zero-order chi connectivity index (χ0) is 14.1. The molecule has 0 saturated heterocycles. The van der Waals surface area contributed by atoms with E-state index in [1.54, 1.807) is 11.3 Å². The minimum Gasteiger partial charge on any atom is -0.312 e. The smallest absolute Gasteiger partial charge is 0.0941 e. The Morgan fingerprint density at radius 1 is 1.33 bits per heavy atom. The third-order valence-corrected chi connectivity index (χ3v) is 4.89. The number of hydrogen-bond donors (Lipinski definition) is 2. The van der Waals surface area contributed by atoms with Gasteiger partial charge in [0.2, 0.25) is 0 Å². The van der Waals surface area contributed by atoms with Crippen LogP contribution in [0, 0.1) is 0 Å². The van der Waals surface area contributed by atoms with Crippen LogP contribution in [0.2, 0.25) is 0 Å². The maximum atomic E-state index is 4.72. The summed E-state index contributed by atoms with van der Waals surface area (Å²) in [6, 6.07) is 6.30. The summed E-state index contributed by atoms with van der Waals surface area (Å²) in [5.41, 5.74) is 3.72. The predicted octanol–water partition coefficient (Wildman–Crippen LogP) is 3.23. The van der Waals surface area contributed by atoms with Gasteiger partial charge in [0.25, 0.3) is 0 Å². The molecule has 0 spiro atoms. The Hall–Kier alpha value is -1.72. The van der Waals surface area contributed by atoms with Gasteiger partial charge in [-0.25, -0.2) is 4.98 Å². The van der Waals surface area contributed by atoms with Crippen LogP contribution in [0.15, 0.2) is 29.8 Å². The number of H-pyrrole nitrogens is 1. The van der Waals surface area contributed by atoms with Gasteiger partial charge in [-0.2, -0.15) is 5.10 Å². The molecule has 0 unspecified atom stereocenters. The molecule has 2 N–H and O–H groups in total. The second-order valence-electron chi connectivity index (χ2n) is 5.62. The Morgan fingerprint density at radius 3 is 3.19 bits per heavy atom. The van der Waals surface area contributed by atoms with Gasteiger partial charge in [0.05, 0.1) is 22.4 Å². The van der Waals surface area contributed by atoms with Crippen LogP contribution in [0.3, 0.4) is 0 Å². The summed E-state index contributed by atoms with van der Waals surface area (Å²) in [6.07, 6.45) is 5.54. The van der Waals surface area contributed by atoms with Gasteiger partial charge in [-0.05, 0) is 18.4 Å². The lowest BCUT2D eigenvalue weighted by molar-refractivity contribution is 0.686. The van der Waals surface area contributed by atoms with Crippen molar-refractivity contribution >= 4 is 22.2 Å². The fourth-order valence-corrected chi connectivity index (χ4v) is 3.48. The van der Waals surface area contributed by atoms with E-state index in [0.717, 1.165) is 30.9 Å². The Balaban J connectivity index is 1.31. The first-order valence-electron chi connectivity index (χ1n) is 7.46. The van der Waals surface area contributed by atoms with E-state index in [0.29, 0.717) is 0 Å². The van der Waals surface area contributed by atoms with Gasteiger partial charge in [-0.1, -0.05) is 18.2 Å². The lowest BCUT2D eigenvalue weighted by Gasteiger charge is -2.04. The largest absolute Gasteiger partial charge is 0.312 e. The van der Waals surface area contributed by atoms with Crippen molar-refractivity contribution in [1.82, 2.24) is 20.5 Å². The molecule has 2 aromatic heterocycles. The summed E-state index contributed by atoms with van der Waals surface area (Å²) < 4.78 is 0. The standard InChI is InChI=1S/C16H18N4S/c1-2-12(16-13(3-1)9-18-20-16)8-17-7-6-15-19-14(10-21-15)11-4-5-11/h1-3,9-11,17H,4-8H2,(H,18,20). The Kier molecular flexibility index (Phi) is 3.45. The van der Waals surface area contributed by atoms with Crippen molar-refractivity contribution in [2.24, 2.45) is 0 Å². The van der Waals surface area contributed by atoms with Gasteiger partial charge in [-0.3, -0.25) is 5.10 Å². The van der Waals surface area contributed by atoms with E-state index in [2.05, 4.69) is 39.1 Å². The van der Waals surface area contributed by atoms with Crippen LogP contribution < -0.4 is 5.32 Å². The highest BCUT2D eigenvalue weighted by Crippen LogP contribution is 2.40. The fourth-order valence-electron chi connectivity index (χ4n) is 2.60. The molecular formula is C16H18N4S. The molecule has 1 fully saturated rings. The molecule has 0 atom stereocenters. The summed E-state index contributed by atoms with van der Waals surface area (Å²) in [6.45, 7) is 1.82. The van der Waals surface area contributed by atoms with E-state index >= 15 is 0 Å². The number of aromatic amines is 1. The molecule has 4 nitrogen and oxygen atoms in total. The van der Waals surface area contributed by atoms with E-state index < -0.39 is 0 Å². The first kappa shape index (κ1) is 13.0. The molecule has 0 bridgehead atoms.